The van der Waals surface area contributed by atoms with Crippen molar-refractivity contribution >= 4 is 33.9 Å². The van der Waals surface area contributed by atoms with E-state index in [1.165, 1.54) is 6.07 Å². The molecule has 3 atom stereocenters. The minimum absolute atomic E-state index is 0.0224. The summed E-state index contributed by atoms with van der Waals surface area (Å²) in [4.78, 5) is 22.4. The molecule has 1 saturated carbocycles. The fraction of sp³-hybridized carbons (Fsp3) is 0.419. The summed E-state index contributed by atoms with van der Waals surface area (Å²) < 4.78 is 23.1. The number of hydrogen-bond donors (Lipinski definition) is 0. The Morgan fingerprint density at radius 2 is 2.02 bits per heavy atom. The molecule has 2 unspecified atom stereocenters. The molecule has 7 rings (SSSR count). The molecule has 4 aromatic rings. The zero-order chi connectivity index (χ0) is 27.9. The van der Waals surface area contributed by atoms with Crippen LogP contribution in [0.15, 0.2) is 49.1 Å². The average molecular weight is 572 g/mol. The topological polar surface area (TPSA) is 63.7 Å². The van der Waals surface area contributed by atoms with Crippen molar-refractivity contribution in [2.24, 2.45) is 5.92 Å². The van der Waals surface area contributed by atoms with Gasteiger partial charge in [0.25, 0.3) is 0 Å². The first kappa shape index (κ1) is 26.0. The molecular weight excluding hydrogens is 541 g/mol. The summed E-state index contributed by atoms with van der Waals surface area (Å²) in [5.41, 5.74) is 2.95. The molecule has 8 nitrogen and oxygen atoms in total. The van der Waals surface area contributed by atoms with Crippen molar-refractivity contribution < 1.29 is 9.13 Å². The number of rotatable bonds is 6. The van der Waals surface area contributed by atoms with Gasteiger partial charge in [0.2, 0.25) is 6.54 Å². The molecule has 0 spiro atoms. The summed E-state index contributed by atoms with van der Waals surface area (Å²) in [6.07, 6.45) is 10.4. The second-order valence-corrected chi connectivity index (χ2v) is 11.6. The Kier molecular flexibility index (Phi) is 6.87. The van der Waals surface area contributed by atoms with Crippen LogP contribution < -0.4 is 14.5 Å². The van der Waals surface area contributed by atoms with Crippen molar-refractivity contribution in [1.29, 1.82) is 0 Å². The van der Waals surface area contributed by atoms with E-state index < -0.39 is 5.82 Å². The maximum absolute atomic E-state index is 14.5. The van der Waals surface area contributed by atoms with E-state index in [0.717, 1.165) is 85.3 Å². The maximum atomic E-state index is 14.5. The van der Waals surface area contributed by atoms with Crippen LogP contribution in [-0.2, 0) is 13.0 Å². The normalized spacial score (nSPS) is 22.2. The van der Waals surface area contributed by atoms with E-state index in [0.29, 0.717) is 25.0 Å². The minimum atomic E-state index is -0.420. The monoisotopic (exact) mass is 571 g/mol. The molecule has 10 heteroatoms. The second-order valence-electron chi connectivity index (χ2n) is 11.3. The Labute approximate surface area is 243 Å². The van der Waals surface area contributed by atoms with E-state index in [1.54, 1.807) is 12.3 Å². The quantitative estimate of drug-likeness (QED) is 0.261. The standard InChI is InChI=1S/C31H31ClFN7O/c1-34-16-20-4-3-13-39(17-20)30-22-11-14-38(26-6-2-5-21-7-8-23(33)29(32)28(21)26)18-24(22)36-31(37-30)41-27-10-9-25(27)40-15-12-35-19-40/h2,5-8,12,15,19-20,25,27H,3-4,9-11,13-14,16-18H2/t20-,25?,27?/m0/s1. The van der Waals surface area contributed by atoms with Crippen LogP contribution in [0.3, 0.4) is 0 Å². The maximum Gasteiger partial charge on any atom is 0.319 e. The number of halogens is 2. The average Bonchev–Trinajstić information content (AvgIpc) is 3.50. The Hall–Kier alpha value is -3.90. The fourth-order valence-corrected chi connectivity index (χ4v) is 6.80. The molecular formula is C31H31ClFN7O. The highest BCUT2D eigenvalue weighted by Gasteiger charge is 2.36. The Bertz CT molecular complexity index is 1620. The van der Waals surface area contributed by atoms with Crippen molar-refractivity contribution in [3.05, 3.63) is 82.6 Å². The highest BCUT2D eigenvalue weighted by atomic mass is 35.5. The van der Waals surface area contributed by atoms with Gasteiger partial charge in [0, 0.05) is 54.6 Å². The van der Waals surface area contributed by atoms with E-state index >= 15 is 0 Å². The lowest BCUT2D eigenvalue weighted by atomic mass is 9.89. The summed E-state index contributed by atoms with van der Waals surface area (Å²) in [7, 11) is 0. The molecule has 0 bridgehead atoms. The number of imidazole rings is 1. The Morgan fingerprint density at radius 3 is 2.83 bits per heavy atom. The first-order chi connectivity index (χ1) is 20.1. The number of fused-ring (bicyclic) bond motifs is 2. The largest absolute Gasteiger partial charge is 0.458 e. The van der Waals surface area contributed by atoms with Crippen LogP contribution in [0.1, 0.15) is 43.0 Å². The van der Waals surface area contributed by atoms with E-state index in [9.17, 15) is 4.39 Å². The summed E-state index contributed by atoms with van der Waals surface area (Å²) >= 11 is 6.50. The summed E-state index contributed by atoms with van der Waals surface area (Å²) in [6, 6.07) is 9.74. The Balaban J connectivity index is 1.24. The van der Waals surface area contributed by atoms with Crippen molar-refractivity contribution in [1.82, 2.24) is 19.5 Å². The van der Waals surface area contributed by atoms with Crippen molar-refractivity contribution in [3.8, 4) is 6.01 Å². The number of anilines is 2. The van der Waals surface area contributed by atoms with Crippen LogP contribution in [0.25, 0.3) is 15.6 Å². The van der Waals surface area contributed by atoms with Gasteiger partial charge in [0.15, 0.2) is 0 Å². The molecule has 41 heavy (non-hydrogen) atoms. The van der Waals surface area contributed by atoms with Gasteiger partial charge in [-0.15, -0.1) is 0 Å². The highest BCUT2D eigenvalue weighted by molar-refractivity contribution is 6.36. The number of piperidine rings is 1. The van der Waals surface area contributed by atoms with Crippen LogP contribution in [0.5, 0.6) is 6.01 Å². The number of aromatic nitrogens is 4. The summed E-state index contributed by atoms with van der Waals surface area (Å²) in [5, 5.41) is 1.77. The molecule has 210 valence electrons. The lowest BCUT2D eigenvalue weighted by Crippen LogP contribution is -2.41. The third-order valence-electron chi connectivity index (χ3n) is 8.79. The molecule has 1 aliphatic carbocycles. The van der Waals surface area contributed by atoms with Gasteiger partial charge in [-0.3, -0.25) is 0 Å². The van der Waals surface area contributed by atoms with Crippen molar-refractivity contribution in [3.63, 3.8) is 0 Å². The minimum Gasteiger partial charge on any atom is -0.458 e. The van der Waals surface area contributed by atoms with Crippen LogP contribution in [0.4, 0.5) is 15.9 Å². The van der Waals surface area contributed by atoms with Crippen molar-refractivity contribution in [2.45, 2.75) is 50.8 Å². The van der Waals surface area contributed by atoms with E-state index in [1.807, 2.05) is 30.7 Å². The zero-order valence-electron chi connectivity index (χ0n) is 22.7. The fourth-order valence-electron chi connectivity index (χ4n) is 6.53. The van der Waals surface area contributed by atoms with Gasteiger partial charge in [-0.25, -0.2) is 15.9 Å². The molecule has 2 aromatic carbocycles. The lowest BCUT2D eigenvalue weighted by molar-refractivity contribution is 0.0453. The van der Waals surface area contributed by atoms with E-state index in [-0.39, 0.29) is 17.2 Å². The van der Waals surface area contributed by atoms with Gasteiger partial charge in [0.1, 0.15) is 17.7 Å². The molecule has 0 radical (unpaired) electrons. The van der Waals surface area contributed by atoms with Crippen LogP contribution >= 0.6 is 11.6 Å². The summed E-state index contributed by atoms with van der Waals surface area (Å²) in [5.74, 6) is 0.845. The first-order valence-electron chi connectivity index (χ1n) is 14.3. The van der Waals surface area contributed by atoms with E-state index in [2.05, 4.69) is 24.2 Å². The molecule has 2 fully saturated rings. The molecule has 2 aliphatic heterocycles. The highest BCUT2D eigenvalue weighted by Crippen LogP contribution is 2.40. The van der Waals surface area contributed by atoms with Crippen LogP contribution in [-0.4, -0.2) is 51.8 Å². The third kappa shape index (κ3) is 4.84. The Morgan fingerprint density at radius 1 is 1.10 bits per heavy atom. The SMILES string of the molecule is [C-]#[N+]C[C@@H]1CCCN(c2nc(OC3CCC3n3ccnc3)nc3c2CCN(c2cccc4ccc(F)c(Cl)c24)C3)C1. The van der Waals surface area contributed by atoms with Crippen LogP contribution in [0.2, 0.25) is 5.02 Å². The lowest BCUT2D eigenvalue weighted by Gasteiger charge is -2.38. The van der Waals surface area contributed by atoms with Crippen molar-refractivity contribution in [2.75, 3.05) is 36.0 Å². The molecule has 4 heterocycles. The van der Waals surface area contributed by atoms with Gasteiger partial charge >= 0.3 is 6.01 Å². The summed E-state index contributed by atoms with van der Waals surface area (Å²) in [6.45, 7) is 10.9. The first-order valence-corrected chi connectivity index (χ1v) is 14.7. The number of hydrogen-bond acceptors (Lipinski definition) is 6. The molecule has 0 amide bonds. The van der Waals surface area contributed by atoms with Crippen LogP contribution in [0, 0.1) is 18.3 Å². The molecule has 1 saturated heterocycles. The predicted molar refractivity (Wildman–Crippen MR) is 157 cm³/mol. The zero-order valence-corrected chi connectivity index (χ0v) is 23.5. The van der Waals surface area contributed by atoms with E-state index in [4.69, 9.17) is 32.9 Å². The van der Waals surface area contributed by atoms with Gasteiger partial charge in [-0.05, 0) is 49.6 Å². The van der Waals surface area contributed by atoms with Gasteiger partial charge < -0.3 is 23.9 Å². The molecule has 2 aromatic heterocycles. The second kappa shape index (κ2) is 10.8. The number of nitrogens with zero attached hydrogens (tertiary/aromatic N) is 7. The molecule has 0 N–H and O–H groups in total. The van der Waals surface area contributed by atoms with Gasteiger partial charge in [-0.2, -0.15) is 9.97 Å². The predicted octanol–water partition coefficient (Wildman–Crippen LogP) is 6.10. The smallest absolute Gasteiger partial charge is 0.319 e. The third-order valence-corrected chi connectivity index (χ3v) is 9.15. The number of ether oxygens (including phenoxy) is 1. The number of benzene rings is 2. The van der Waals surface area contributed by atoms with Gasteiger partial charge in [0.05, 0.1) is 29.6 Å². The van der Waals surface area contributed by atoms with Gasteiger partial charge in [-0.1, -0.05) is 29.8 Å². The molecule has 3 aliphatic rings.